The maximum Gasteiger partial charge on any atom is 0.306 e. The summed E-state index contributed by atoms with van der Waals surface area (Å²) in [6, 6.07) is 14.1. The van der Waals surface area contributed by atoms with Crippen molar-refractivity contribution < 1.29 is 22.7 Å². The van der Waals surface area contributed by atoms with Gasteiger partial charge in [-0.2, -0.15) is 4.31 Å². The first kappa shape index (κ1) is 20.5. The summed E-state index contributed by atoms with van der Waals surface area (Å²) in [7, 11) is -3.72. The molecule has 0 atom stereocenters. The van der Waals surface area contributed by atoms with Gasteiger partial charge in [0.05, 0.1) is 10.8 Å². The number of hydrogen-bond acceptors (Lipinski definition) is 3. The van der Waals surface area contributed by atoms with Crippen LogP contribution in [0.2, 0.25) is 0 Å². The van der Waals surface area contributed by atoms with Gasteiger partial charge >= 0.3 is 5.97 Å². The van der Waals surface area contributed by atoms with Gasteiger partial charge in [-0.1, -0.05) is 30.3 Å². The third-order valence-electron chi connectivity index (χ3n) is 5.31. The van der Waals surface area contributed by atoms with Crippen LogP contribution in [0.25, 0.3) is 0 Å². The second-order valence-electron chi connectivity index (χ2n) is 7.29. The highest BCUT2D eigenvalue weighted by atomic mass is 32.2. The number of nitrogens with zero attached hydrogens (tertiary/aromatic N) is 1. The van der Waals surface area contributed by atoms with E-state index in [9.17, 15) is 17.6 Å². The molecule has 1 aliphatic rings. The molecule has 0 heterocycles. The molecule has 5 nitrogen and oxygen atoms in total. The quantitative estimate of drug-likeness (QED) is 0.758. The van der Waals surface area contributed by atoms with Gasteiger partial charge in [-0.25, -0.2) is 12.8 Å². The van der Waals surface area contributed by atoms with Crippen LogP contribution in [-0.2, 0) is 21.4 Å². The van der Waals surface area contributed by atoms with Crippen molar-refractivity contribution in [1.29, 1.82) is 0 Å². The van der Waals surface area contributed by atoms with Gasteiger partial charge < -0.3 is 5.11 Å². The lowest BCUT2D eigenvalue weighted by Gasteiger charge is -2.31. The predicted octanol–water partition coefficient (Wildman–Crippen LogP) is 3.91. The smallest absolute Gasteiger partial charge is 0.306 e. The zero-order valence-electron chi connectivity index (χ0n) is 15.5. The van der Waals surface area contributed by atoms with Gasteiger partial charge in [-0.05, 0) is 61.4 Å². The van der Waals surface area contributed by atoms with Gasteiger partial charge in [0.2, 0.25) is 10.0 Å². The highest BCUT2D eigenvalue weighted by Gasteiger charge is 2.31. The number of hydrogen-bond donors (Lipinski definition) is 1. The monoisotopic (exact) mass is 405 g/mol. The van der Waals surface area contributed by atoms with Crippen molar-refractivity contribution in [2.75, 3.05) is 6.54 Å². The summed E-state index contributed by atoms with van der Waals surface area (Å²) in [6.45, 7) is 0.470. The van der Waals surface area contributed by atoms with Gasteiger partial charge in [0.25, 0.3) is 0 Å². The van der Waals surface area contributed by atoms with E-state index in [0.717, 1.165) is 0 Å². The molecule has 0 bridgehead atoms. The van der Waals surface area contributed by atoms with Crippen molar-refractivity contribution >= 4 is 16.0 Å². The van der Waals surface area contributed by atoms with Crippen molar-refractivity contribution in [2.24, 2.45) is 11.8 Å². The van der Waals surface area contributed by atoms with Crippen molar-refractivity contribution in [2.45, 2.75) is 37.1 Å². The molecule has 0 aromatic heterocycles. The molecule has 0 saturated heterocycles. The van der Waals surface area contributed by atoms with Crippen molar-refractivity contribution in [3.63, 3.8) is 0 Å². The van der Waals surface area contributed by atoms with E-state index in [0.29, 0.717) is 37.8 Å². The molecule has 2 aromatic rings. The first-order chi connectivity index (χ1) is 13.4. The molecule has 0 spiro atoms. The average molecular weight is 405 g/mol. The molecular weight excluding hydrogens is 381 g/mol. The van der Waals surface area contributed by atoms with E-state index in [1.165, 1.54) is 16.4 Å². The van der Waals surface area contributed by atoms with E-state index >= 15 is 0 Å². The number of carboxylic acid groups (broad SMARTS) is 1. The predicted molar refractivity (Wildman–Crippen MR) is 104 cm³/mol. The molecule has 7 heteroatoms. The third kappa shape index (κ3) is 4.97. The van der Waals surface area contributed by atoms with Crippen LogP contribution in [0.3, 0.4) is 0 Å². The molecule has 0 amide bonds. The van der Waals surface area contributed by atoms with E-state index < -0.39 is 16.0 Å². The average Bonchev–Trinajstić information content (AvgIpc) is 2.70. The molecule has 1 aliphatic carbocycles. The van der Waals surface area contributed by atoms with Crippen LogP contribution < -0.4 is 0 Å². The number of sulfonamides is 1. The number of aliphatic carboxylic acids is 1. The van der Waals surface area contributed by atoms with Crippen LogP contribution >= 0.6 is 0 Å². The molecule has 0 aliphatic heterocycles. The maximum atomic E-state index is 13.2. The maximum absolute atomic E-state index is 13.2. The minimum absolute atomic E-state index is 0.106. The molecular formula is C21H24FNO4S. The largest absolute Gasteiger partial charge is 0.481 e. The fraction of sp³-hybridized carbons (Fsp3) is 0.381. The van der Waals surface area contributed by atoms with Gasteiger partial charge in [-0.3, -0.25) is 4.79 Å². The van der Waals surface area contributed by atoms with E-state index in [2.05, 4.69) is 0 Å². The zero-order chi connectivity index (χ0) is 20.1. The number of rotatable bonds is 7. The zero-order valence-corrected chi connectivity index (χ0v) is 16.3. The van der Waals surface area contributed by atoms with Gasteiger partial charge in [0.15, 0.2) is 0 Å². The van der Waals surface area contributed by atoms with Gasteiger partial charge in [0.1, 0.15) is 5.82 Å². The first-order valence-electron chi connectivity index (χ1n) is 9.38. The van der Waals surface area contributed by atoms with Crippen molar-refractivity contribution in [3.8, 4) is 0 Å². The third-order valence-corrected chi connectivity index (χ3v) is 7.14. The molecule has 2 aromatic carbocycles. The molecule has 3 rings (SSSR count). The highest BCUT2D eigenvalue weighted by Crippen LogP contribution is 2.31. The second kappa shape index (κ2) is 8.84. The SMILES string of the molecule is O=C(O)C1CCC(CN(Cc2ccc(F)cc2)S(=O)(=O)c2ccccc2)CC1. The van der Waals surface area contributed by atoms with E-state index in [4.69, 9.17) is 5.11 Å². The molecule has 0 radical (unpaired) electrons. The first-order valence-corrected chi connectivity index (χ1v) is 10.8. The Balaban J connectivity index is 1.80. The molecule has 150 valence electrons. The fourth-order valence-electron chi connectivity index (χ4n) is 3.66. The Morgan fingerprint density at radius 3 is 2.18 bits per heavy atom. The summed E-state index contributed by atoms with van der Waals surface area (Å²) in [5.41, 5.74) is 0.708. The van der Waals surface area contributed by atoms with Crippen LogP contribution in [-0.4, -0.2) is 30.3 Å². The summed E-state index contributed by atoms with van der Waals surface area (Å²) in [4.78, 5) is 11.4. The minimum Gasteiger partial charge on any atom is -0.481 e. The second-order valence-corrected chi connectivity index (χ2v) is 9.23. The standard InChI is InChI=1S/C21H24FNO4S/c22-19-12-8-17(9-13-19)15-23(28(26,27)20-4-2-1-3-5-20)14-16-6-10-18(11-7-16)21(24)25/h1-5,8-9,12-13,16,18H,6-7,10-11,14-15H2,(H,24,25). The lowest BCUT2D eigenvalue weighted by molar-refractivity contribution is -0.143. The van der Waals surface area contributed by atoms with E-state index in [-0.39, 0.29) is 29.1 Å². The van der Waals surface area contributed by atoms with Crippen LogP contribution in [0, 0.1) is 17.7 Å². The Morgan fingerprint density at radius 2 is 1.61 bits per heavy atom. The molecule has 1 saturated carbocycles. The van der Waals surface area contributed by atoms with Crippen molar-refractivity contribution in [3.05, 3.63) is 66.0 Å². The summed E-state index contributed by atoms with van der Waals surface area (Å²) >= 11 is 0. The van der Waals surface area contributed by atoms with Crippen molar-refractivity contribution in [1.82, 2.24) is 4.31 Å². The number of halogens is 1. The van der Waals surface area contributed by atoms with Crippen LogP contribution in [0.5, 0.6) is 0 Å². The summed E-state index contributed by atoms with van der Waals surface area (Å²) < 4.78 is 41.1. The number of carbonyl (C=O) groups is 1. The Morgan fingerprint density at radius 1 is 1.00 bits per heavy atom. The van der Waals surface area contributed by atoms with Gasteiger partial charge in [0, 0.05) is 13.1 Å². The Labute approximate surface area is 164 Å². The summed E-state index contributed by atoms with van der Waals surface area (Å²) in [5.74, 6) is -1.38. The van der Waals surface area contributed by atoms with E-state index in [1.54, 1.807) is 42.5 Å². The van der Waals surface area contributed by atoms with E-state index in [1.807, 2.05) is 0 Å². The topological polar surface area (TPSA) is 74.7 Å². The molecule has 1 fully saturated rings. The molecule has 0 unspecified atom stereocenters. The van der Waals surface area contributed by atoms with Crippen LogP contribution in [0.4, 0.5) is 4.39 Å². The lowest BCUT2D eigenvalue weighted by Crippen LogP contribution is -2.36. The molecule has 28 heavy (non-hydrogen) atoms. The summed E-state index contributed by atoms with van der Waals surface area (Å²) in [6.07, 6.45) is 2.49. The summed E-state index contributed by atoms with van der Waals surface area (Å²) in [5, 5.41) is 9.16. The Bertz CT molecular complexity index is 892. The van der Waals surface area contributed by atoms with Gasteiger partial charge in [-0.15, -0.1) is 0 Å². The lowest BCUT2D eigenvalue weighted by atomic mass is 9.82. The number of benzene rings is 2. The molecule has 1 N–H and O–H groups in total. The highest BCUT2D eigenvalue weighted by molar-refractivity contribution is 7.89. The minimum atomic E-state index is -3.72. The normalized spacial score (nSPS) is 20.2. The number of carboxylic acids is 1. The Kier molecular flexibility index (Phi) is 6.46. The fourth-order valence-corrected chi connectivity index (χ4v) is 5.19. The Hall–Kier alpha value is -2.25. The van der Waals surface area contributed by atoms with Crippen LogP contribution in [0.1, 0.15) is 31.2 Å². The van der Waals surface area contributed by atoms with Crippen LogP contribution in [0.15, 0.2) is 59.5 Å².